The molecular formula is C17H15Cl2FN2O2. The Morgan fingerprint density at radius 2 is 1.67 bits per heavy atom. The van der Waals surface area contributed by atoms with Crippen LogP contribution in [0.25, 0.3) is 0 Å². The van der Waals surface area contributed by atoms with Gasteiger partial charge in [0.15, 0.2) is 0 Å². The molecule has 4 nitrogen and oxygen atoms in total. The number of benzene rings is 2. The topological polar surface area (TPSA) is 49.4 Å². The number of carbonyl (C=O) groups excluding carboxylic acids is 2. The Balaban J connectivity index is 2.02. The largest absolute Gasteiger partial charge is 0.329 e. The SMILES string of the molecule is CC(=O)N(CC(=O)Nc1cc(Cl)cc(Cl)c1)Cc1ccc(F)cc1. The molecule has 0 saturated carbocycles. The first kappa shape index (κ1) is 18.2. The fourth-order valence-corrected chi connectivity index (χ4v) is 2.61. The van der Waals surface area contributed by atoms with Gasteiger partial charge in [-0.15, -0.1) is 0 Å². The predicted molar refractivity (Wildman–Crippen MR) is 92.6 cm³/mol. The van der Waals surface area contributed by atoms with Gasteiger partial charge in [-0.05, 0) is 35.9 Å². The zero-order valence-corrected chi connectivity index (χ0v) is 14.4. The van der Waals surface area contributed by atoms with Crippen molar-refractivity contribution < 1.29 is 14.0 Å². The first-order chi connectivity index (χ1) is 11.3. The zero-order chi connectivity index (χ0) is 17.7. The molecule has 2 aromatic rings. The van der Waals surface area contributed by atoms with Crippen LogP contribution in [0.2, 0.25) is 10.0 Å². The lowest BCUT2D eigenvalue weighted by Gasteiger charge is -2.20. The number of nitrogens with one attached hydrogen (secondary N) is 1. The maximum absolute atomic E-state index is 12.9. The van der Waals surface area contributed by atoms with Crippen LogP contribution in [-0.2, 0) is 16.1 Å². The van der Waals surface area contributed by atoms with Gasteiger partial charge in [-0.2, -0.15) is 0 Å². The Hall–Kier alpha value is -2.11. The second-order valence-corrected chi connectivity index (χ2v) is 6.08. The Morgan fingerprint density at radius 1 is 1.08 bits per heavy atom. The number of rotatable bonds is 5. The normalized spacial score (nSPS) is 10.3. The average Bonchev–Trinajstić information content (AvgIpc) is 2.47. The van der Waals surface area contributed by atoms with Gasteiger partial charge in [0.2, 0.25) is 11.8 Å². The molecule has 0 heterocycles. The molecule has 0 spiro atoms. The molecule has 0 saturated heterocycles. The summed E-state index contributed by atoms with van der Waals surface area (Å²) < 4.78 is 12.9. The maximum atomic E-state index is 12.9. The molecule has 0 atom stereocenters. The van der Waals surface area contributed by atoms with Crippen molar-refractivity contribution in [2.75, 3.05) is 11.9 Å². The number of carbonyl (C=O) groups is 2. The lowest BCUT2D eigenvalue weighted by Crippen LogP contribution is -2.36. The third kappa shape index (κ3) is 5.51. The fourth-order valence-electron chi connectivity index (χ4n) is 2.09. The number of nitrogens with zero attached hydrogens (tertiary/aromatic N) is 1. The highest BCUT2D eigenvalue weighted by Gasteiger charge is 2.15. The molecule has 0 bridgehead atoms. The highest BCUT2D eigenvalue weighted by Crippen LogP contribution is 2.22. The van der Waals surface area contributed by atoms with Gasteiger partial charge in [-0.25, -0.2) is 4.39 Å². The third-order valence-corrected chi connectivity index (χ3v) is 3.65. The number of hydrogen-bond acceptors (Lipinski definition) is 2. The summed E-state index contributed by atoms with van der Waals surface area (Å²) in [5.41, 5.74) is 1.17. The predicted octanol–water partition coefficient (Wildman–Crippen LogP) is 4.12. The van der Waals surface area contributed by atoms with Crippen LogP contribution < -0.4 is 5.32 Å². The molecule has 24 heavy (non-hydrogen) atoms. The van der Waals surface area contributed by atoms with E-state index < -0.39 is 0 Å². The summed E-state index contributed by atoms with van der Waals surface area (Å²) in [5, 5.41) is 3.43. The van der Waals surface area contributed by atoms with Gasteiger partial charge >= 0.3 is 0 Å². The van der Waals surface area contributed by atoms with E-state index in [1.165, 1.54) is 24.0 Å². The highest BCUT2D eigenvalue weighted by atomic mass is 35.5. The van der Waals surface area contributed by atoms with Crippen molar-refractivity contribution in [1.82, 2.24) is 4.90 Å². The molecule has 126 valence electrons. The minimum absolute atomic E-state index is 0.142. The van der Waals surface area contributed by atoms with Crippen LogP contribution in [0.4, 0.5) is 10.1 Å². The van der Waals surface area contributed by atoms with Crippen molar-refractivity contribution in [3.63, 3.8) is 0 Å². The van der Waals surface area contributed by atoms with E-state index in [2.05, 4.69) is 5.32 Å². The maximum Gasteiger partial charge on any atom is 0.244 e. The van der Waals surface area contributed by atoms with Gasteiger partial charge < -0.3 is 10.2 Å². The van der Waals surface area contributed by atoms with Crippen molar-refractivity contribution in [2.45, 2.75) is 13.5 Å². The van der Waals surface area contributed by atoms with Crippen LogP contribution in [0, 0.1) is 5.82 Å². The number of amides is 2. The molecule has 7 heteroatoms. The minimum Gasteiger partial charge on any atom is -0.329 e. The summed E-state index contributed by atoms with van der Waals surface area (Å²) in [7, 11) is 0. The number of anilines is 1. The van der Waals surface area contributed by atoms with Gasteiger partial charge in [-0.1, -0.05) is 35.3 Å². The van der Waals surface area contributed by atoms with E-state index in [4.69, 9.17) is 23.2 Å². The summed E-state index contributed by atoms with van der Waals surface area (Å²) in [6, 6.07) is 10.4. The second kappa shape index (κ2) is 8.13. The summed E-state index contributed by atoms with van der Waals surface area (Å²) in [4.78, 5) is 25.2. The molecule has 0 aliphatic heterocycles. The van der Waals surface area contributed by atoms with Crippen LogP contribution in [0.3, 0.4) is 0 Å². The van der Waals surface area contributed by atoms with Crippen molar-refractivity contribution in [1.29, 1.82) is 0 Å². The second-order valence-electron chi connectivity index (χ2n) is 5.21. The van der Waals surface area contributed by atoms with Crippen LogP contribution in [0.15, 0.2) is 42.5 Å². The molecule has 2 rings (SSSR count). The first-order valence-corrected chi connectivity index (χ1v) is 7.85. The minimum atomic E-state index is -0.384. The molecule has 0 aliphatic rings. The monoisotopic (exact) mass is 368 g/mol. The Kier molecular flexibility index (Phi) is 6.17. The van der Waals surface area contributed by atoms with Crippen molar-refractivity contribution >= 4 is 40.7 Å². The van der Waals surface area contributed by atoms with Gasteiger partial charge in [0.25, 0.3) is 0 Å². The van der Waals surface area contributed by atoms with Gasteiger partial charge in [0.1, 0.15) is 12.4 Å². The van der Waals surface area contributed by atoms with E-state index in [0.717, 1.165) is 5.56 Å². The van der Waals surface area contributed by atoms with E-state index in [1.807, 2.05) is 0 Å². The molecular weight excluding hydrogens is 354 g/mol. The molecule has 2 aromatic carbocycles. The molecule has 0 aromatic heterocycles. The van der Waals surface area contributed by atoms with E-state index in [9.17, 15) is 14.0 Å². The zero-order valence-electron chi connectivity index (χ0n) is 12.9. The summed E-state index contributed by atoms with van der Waals surface area (Å²) in [5.74, 6) is -1.01. The Bertz CT molecular complexity index is 731. The fraction of sp³-hybridized carbons (Fsp3) is 0.176. The molecule has 0 aliphatic carbocycles. The van der Waals surface area contributed by atoms with E-state index in [-0.39, 0.29) is 30.7 Å². The molecule has 0 unspecified atom stereocenters. The summed E-state index contributed by atoms with van der Waals surface area (Å²) in [6.45, 7) is 1.43. The number of hydrogen-bond donors (Lipinski definition) is 1. The van der Waals surface area contributed by atoms with Crippen LogP contribution in [0.1, 0.15) is 12.5 Å². The van der Waals surface area contributed by atoms with Crippen LogP contribution >= 0.6 is 23.2 Å². The third-order valence-electron chi connectivity index (χ3n) is 3.21. The lowest BCUT2D eigenvalue weighted by atomic mass is 10.2. The van der Waals surface area contributed by atoms with Crippen LogP contribution in [-0.4, -0.2) is 23.3 Å². The Labute approximate surface area is 149 Å². The molecule has 0 fully saturated rings. The molecule has 1 N–H and O–H groups in total. The summed E-state index contributed by atoms with van der Waals surface area (Å²) >= 11 is 11.8. The smallest absolute Gasteiger partial charge is 0.244 e. The van der Waals surface area contributed by atoms with Crippen molar-refractivity contribution in [2.24, 2.45) is 0 Å². The van der Waals surface area contributed by atoms with E-state index >= 15 is 0 Å². The quantitative estimate of drug-likeness (QED) is 0.862. The van der Waals surface area contributed by atoms with E-state index in [1.54, 1.807) is 30.3 Å². The summed E-state index contributed by atoms with van der Waals surface area (Å²) in [6.07, 6.45) is 0. The van der Waals surface area contributed by atoms with Gasteiger partial charge in [-0.3, -0.25) is 9.59 Å². The van der Waals surface area contributed by atoms with Crippen molar-refractivity contribution in [3.05, 3.63) is 63.9 Å². The van der Waals surface area contributed by atoms with Crippen LogP contribution in [0.5, 0.6) is 0 Å². The molecule has 0 radical (unpaired) electrons. The van der Waals surface area contributed by atoms with Gasteiger partial charge in [0, 0.05) is 29.2 Å². The number of halogens is 3. The highest BCUT2D eigenvalue weighted by molar-refractivity contribution is 6.35. The average molecular weight is 369 g/mol. The van der Waals surface area contributed by atoms with Gasteiger partial charge in [0.05, 0.1) is 0 Å². The van der Waals surface area contributed by atoms with E-state index in [0.29, 0.717) is 15.7 Å². The Morgan fingerprint density at radius 3 is 2.21 bits per heavy atom. The molecule has 2 amide bonds. The van der Waals surface area contributed by atoms with Crippen molar-refractivity contribution in [3.8, 4) is 0 Å². The standard InChI is InChI=1S/C17H15Cl2FN2O2/c1-11(23)22(9-12-2-4-15(20)5-3-12)10-17(24)21-16-7-13(18)6-14(19)8-16/h2-8H,9-10H2,1H3,(H,21,24). The first-order valence-electron chi connectivity index (χ1n) is 7.09. The lowest BCUT2D eigenvalue weighted by molar-refractivity contribution is -0.133.